The van der Waals surface area contributed by atoms with Crippen LogP contribution in [0.25, 0.3) is 0 Å². The molecule has 0 saturated carbocycles. The summed E-state index contributed by atoms with van der Waals surface area (Å²) >= 11 is 0. The largest absolute Gasteiger partial charge is 0.416 e. The van der Waals surface area contributed by atoms with Gasteiger partial charge in [-0.3, -0.25) is 0 Å². The van der Waals surface area contributed by atoms with Crippen LogP contribution in [0.1, 0.15) is 38.8 Å². The Kier molecular flexibility index (Phi) is 5.68. The molecule has 2 unspecified atom stereocenters. The Labute approximate surface area is 125 Å². The van der Waals surface area contributed by atoms with E-state index >= 15 is 0 Å². The highest BCUT2D eigenvalue weighted by molar-refractivity contribution is 5.52. The lowest BCUT2D eigenvalue weighted by atomic mass is 9.98. The van der Waals surface area contributed by atoms with E-state index in [2.05, 4.69) is 13.8 Å². The predicted molar refractivity (Wildman–Crippen MR) is 81.5 cm³/mol. The molecule has 0 spiro atoms. The Morgan fingerprint density at radius 1 is 1.14 bits per heavy atom. The molecule has 0 aromatic heterocycles. The molecule has 0 saturated heterocycles. The normalized spacial score (nSPS) is 15.1. The smallest absolute Gasteiger partial charge is 0.372 e. The lowest BCUT2D eigenvalue weighted by molar-refractivity contribution is -0.138. The van der Waals surface area contributed by atoms with Gasteiger partial charge in [0.1, 0.15) is 0 Å². The molecule has 1 rings (SSSR count). The lowest BCUT2D eigenvalue weighted by Gasteiger charge is -2.31. The van der Waals surface area contributed by atoms with Gasteiger partial charge in [-0.05, 0) is 43.9 Å². The van der Waals surface area contributed by atoms with Crippen LogP contribution in [-0.2, 0) is 12.6 Å². The maximum Gasteiger partial charge on any atom is 0.416 e. The molecule has 0 bridgehead atoms. The molecule has 120 valence electrons. The van der Waals surface area contributed by atoms with Gasteiger partial charge in [0.25, 0.3) is 0 Å². The fourth-order valence-corrected chi connectivity index (χ4v) is 2.25. The van der Waals surface area contributed by atoms with Gasteiger partial charge in [0, 0.05) is 24.8 Å². The van der Waals surface area contributed by atoms with Gasteiger partial charge < -0.3 is 10.6 Å². The van der Waals surface area contributed by atoms with Crippen molar-refractivity contribution in [1.82, 2.24) is 0 Å². The maximum absolute atomic E-state index is 13.2. The Balaban J connectivity index is 3.21. The number of hydrogen-bond donors (Lipinski definition) is 1. The second-order valence-corrected chi connectivity index (χ2v) is 6.12. The summed E-state index contributed by atoms with van der Waals surface area (Å²) in [5.74, 6) is 0.355. The van der Waals surface area contributed by atoms with Crippen LogP contribution in [0.4, 0.5) is 18.9 Å². The standard InChI is InChI=1S/C16H25F3N2/c1-10(2)12(4)21(5)14-7-6-13(8-11(3)20)15(9-14)16(17,18)19/h6-7,9-12H,8,20H2,1-5H3. The number of nitrogens with zero attached hydrogens (tertiary/aromatic N) is 1. The topological polar surface area (TPSA) is 29.3 Å². The van der Waals surface area contributed by atoms with Crippen LogP contribution >= 0.6 is 0 Å². The zero-order chi connectivity index (χ0) is 16.4. The van der Waals surface area contributed by atoms with Crippen molar-refractivity contribution in [2.24, 2.45) is 11.7 Å². The molecule has 0 amide bonds. The third-order valence-corrected chi connectivity index (χ3v) is 3.92. The average Bonchev–Trinajstić information content (AvgIpc) is 2.35. The van der Waals surface area contributed by atoms with Gasteiger partial charge in [-0.2, -0.15) is 13.2 Å². The van der Waals surface area contributed by atoms with Gasteiger partial charge in [-0.15, -0.1) is 0 Å². The summed E-state index contributed by atoms with van der Waals surface area (Å²) in [6.45, 7) is 7.82. The van der Waals surface area contributed by atoms with E-state index in [4.69, 9.17) is 5.73 Å². The number of halogens is 3. The van der Waals surface area contributed by atoms with Gasteiger partial charge >= 0.3 is 6.18 Å². The van der Waals surface area contributed by atoms with E-state index in [1.54, 1.807) is 19.1 Å². The second kappa shape index (κ2) is 6.69. The van der Waals surface area contributed by atoms with Crippen LogP contribution in [0.3, 0.4) is 0 Å². The highest BCUT2D eigenvalue weighted by atomic mass is 19.4. The summed E-state index contributed by atoms with van der Waals surface area (Å²) in [5.41, 5.74) is 5.90. The van der Waals surface area contributed by atoms with Crippen LogP contribution in [-0.4, -0.2) is 19.1 Å². The maximum atomic E-state index is 13.2. The number of anilines is 1. The quantitative estimate of drug-likeness (QED) is 0.888. The zero-order valence-electron chi connectivity index (χ0n) is 13.3. The first-order chi connectivity index (χ1) is 9.54. The number of alkyl halides is 3. The van der Waals surface area contributed by atoms with Crippen molar-refractivity contribution in [3.63, 3.8) is 0 Å². The van der Waals surface area contributed by atoms with Crippen LogP contribution in [0.5, 0.6) is 0 Å². The Morgan fingerprint density at radius 3 is 2.14 bits per heavy atom. The summed E-state index contributed by atoms with van der Waals surface area (Å²) in [6.07, 6.45) is -4.14. The minimum absolute atomic E-state index is 0.158. The molecule has 2 N–H and O–H groups in total. The minimum atomic E-state index is -4.36. The van der Waals surface area contributed by atoms with E-state index in [1.165, 1.54) is 6.07 Å². The van der Waals surface area contributed by atoms with Gasteiger partial charge in [0.15, 0.2) is 0 Å². The number of rotatable bonds is 5. The molecule has 2 atom stereocenters. The van der Waals surface area contributed by atoms with Crippen molar-refractivity contribution in [1.29, 1.82) is 0 Å². The SMILES string of the molecule is CC(N)Cc1ccc(N(C)C(C)C(C)C)cc1C(F)(F)F. The average molecular weight is 302 g/mol. The van der Waals surface area contributed by atoms with Crippen molar-refractivity contribution >= 4 is 5.69 Å². The van der Waals surface area contributed by atoms with Crippen molar-refractivity contribution in [2.45, 2.75) is 52.4 Å². The molecule has 0 aliphatic rings. The molecular weight excluding hydrogens is 277 g/mol. The van der Waals surface area contributed by atoms with Gasteiger partial charge in [0.2, 0.25) is 0 Å². The molecule has 2 nitrogen and oxygen atoms in total. The Morgan fingerprint density at radius 2 is 1.71 bits per heavy atom. The molecule has 1 aromatic rings. The third kappa shape index (κ3) is 4.63. The van der Waals surface area contributed by atoms with E-state index in [1.807, 2.05) is 18.9 Å². The molecule has 1 aromatic carbocycles. The van der Waals surface area contributed by atoms with Crippen molar-refractivity contribution < 1.29 is 13.2 Å². The van der Waals surface area contributed by atoms with Gasteiger partial charge in [-0.25, -0.2) is 0 Å². The number of benzene rings is 1. The Bertz CT molecular complexity index is 467. The Hall–Kier alpha value is -1.23. The fourth-order valence-electron chi connectivity index (χ4n) is 2.25. The van der Waals surface area contributed by atoms with Crippen LogP contribution in [0.2, 0.25) is 0 Å². The highest BCUT2D eigenvalue weighted by Crippen LogP contribution is 2.35. The van der Waals surface area contributed by atoms with Crippen molar-refractivity contribution in [2.75, 3.05) is 11.9 Å². The summed E-state index contributed by atoms with van der Waals surface area (Å²) < 4.78 is 39.7. The molecular formula is C16H25F3N2. The molecule has 0 aliphatic carbocycles. The van der Waals surface area contributed by atoms with Gasteiger partial charge in [0.05, 0.1) is 5.56 Å². The van der Waals surface area contributed by atoms with Crippen LogP contribution in [0, 0.1) is 5.92 Å². The summed E-state index contributed by atoms with van der Waals surface area (Å²) in [7, 11) is 1.82. The number of nitrogens with two attached hydrogens (primary N) is 1. The first-order valence-electron chi connectivity index (χ1n) is 7.22. The molecule has 0 aliphatic heterocycles. The van der Waals surface area contributed by atoms with Crippen LogP contribution < -0.4 is 10.6 Å². The predicted octanol–water partition coefficient (Wildman–Crippen LogP) is 4.08. The van der Waals surface area contributed by atoms with E-state index in [0.29, 0.717) is 11.6 Å². The fraction of sp³-hybridized carbons (Fsp3) is 0.625. The highest BCUT2D eigenvalue weighted by Gasteiger charge is 2.34. The van der Waals surface area contributed by atoms with E-state index < -0.39 is 11.7 Å². The second-order valence-electron chi connectivity index (χ2n) is 6.12. The first-order valence-corrected chi connectivity index (χ1v) is 7.22. The summed E-state index contributed by atoms with van der Waals surface area (Å²) in [6, 6.07) is 4.38. The summed E-state index contributed by atoms with van der Waals surface area (Å²) in [5, 5.41) is 0. The third-order valence-electron chi connectivity index (χ3n) is 3.92. The molecule has 21 heavy (non-hydrogen) atoms. The van der Waals surface area contributed by atoms with Gasteiger partial charge in [-0.1, -0.05) is 19.9 Å². The molecule has 0 fully saturated rings. The van der Waals surface area contributed by atoms with Crippen molar-refractivity contribution in [3.05, 3.63) is 29.3 Å². The zero-order valence-corrected chi connectivity index (χ0v) is 13.3. The van der Waals surface area contributed by atoms with E-state index in [0.717, 1.165) is 0 Å². The lowest BCUT2D eigenvalue weighted by Crippen LogP contribution is -2.33. The monoisotopic (exact) mass is 302 g/mol. The summed E-state index contributed by atoms with van der Waals surface area (Å²) in [4.78, 5) is 1.88. The molecule has 5 heteroatoms. The van der Waals surface area contributed by atoms with Crippen molar-refractivity contribution in [3.8, 4) is 0 Å². The van der Waals surface area contributed by atoms with Crippen LogP contribution in [0.15, 0.2) is 18.2 Å². The number of hydrogen-bond acceptors (Lipinski definition) is 2. The minimum Gasteiger partial charge on any atom is -0.372 e. The molecule has 0 heterocycles. The van der Waals surface area contributed by atoms with E-state index in [-0.39, 0.29) is 24.1 Å². The van der Waals surface area contributed by atoms with E-state index in [9.17, 15) is 13.2 Å². The first kappa shape index (κ1) is 17.8. The molecule has 0 radical (unpaired) electrons.